The first kappa shape index (κ1) is 18.1. The molecule has 0 bridgehead atoms. The van der Waals surface area contributed by atoms with Crippen LogP contribution in [0.2, 0.25) is 0 Å². The van der Waals surface area contributed by atoms with Crippen LogP contribution in [0.15, 0.2) is 30.6 Å². The molecule has 0 aliphatic carbocycles. The van der Waals surface area contributed by atoms with Crippen LogP contribution in [0.1, 0.15) is 32.7 Å². The highest BCUT2D eigenvalue weighted by molar-refractivity contribution is 6.06. The summed E-state index contributed by atoms with van der Waals surface area (Å²) in [6.07, 6.45) is 3.54. The zero-order valence-electron chi connectivity index (χ0n) is 15.2. The van der Waals surface area contributed by atoms with Crippen molar-refractivity contribution in [3.05, 3.63) is 30.6 Å². The average molecular weight is 355 g/mol. The summed E-state index contributed by atoms with van der Waals surface area (Å²) in [4.78, 5) is 20.0. The number of imidazole rings is 1. The van der Waals surface area contributed by atoms with Gasteiger partial charge in [0.1, 0.15) is 5.52 Å². The van der Waals surface area contributed by atoms with E-state index < -0.39 is 0 Å². The second kappa shape index (κ2) is 8.14. The molecule has 0 saturated carbocycles. The third kappa shape index (κ3) is 3.77. The lowest BCUT2D eigenvalue weighted by molar-refractivity contribution is -0.118. The standard InChI is InChI=1S/C19H25N5O2/c1-3-26-11-14(7-6-10-21-13(2)25)24-12-22-17-18(24)15-8-4-5-9-16(15)23-19(17)20/h4-5,8-9,12,14H,3,6-7,10-11H2,1-2H3,(H2,20,23)(H,21,25)/t14-/m0/s1. The number of amides is 1. The third-order valence-electron chi connectivity index (χ3n) is 4.43. The average Bonchev–Trinajstić information content (AvgIpc) is 3.07. The number of nitrogens with one attached hydrogen (secondary N) is 1. The number of nitrogen functional groups attached to an aromatic ring is 1. The Kier molecular flexibility index (Phi) is 5.68. The number of carbonyl (C=O) groups is 1. The summed E-state index contributed by atoms with van der Waals surface area (Å²) in [5.74, 6) is 0.426. The van der Waals surface area contributed by atoms with Crippen LogP contribution in [0, 0.1) is 0 Å². The monoisotopic (exact) mass is 355 g/mol. The van der Waals surface area contributed by atoms with E-state index in [1.54, 1.807) is 0 Å². The second-order valence-electron chi connectivity index (χ2n) is 6.30. The van der Waals surface area contributed by atoms with Gasteiger partial charge in [-0.1, -0.05) is 18.2 Å². The number of aromatic nitrogens is 3. The summed E-state index contributed by atoms with van der Waals surface area (Å²) in [7, 11) is 0. The highest BCUT2D eigenvalue weighted by Crippen LogP contribution is 2.30. The van der Waals surface area contributed by atoms with E-state index in [4.69, 9.17) is 10.5 Å². The van der Waals surface area contributed by atoms with Crippen molar-refractivity contribution in [1.29, 1.82) is 0 Å². The number of hydrogen-bond acceptors (Lipinski definition) is 5. The Balaban J connectivity index is 1.97. The number of carbonyl (C=O) groups excluding carboxylic acids is 1. The number of para-hydroxylation sites is 1. The third-order valence-corrected chi connectivity index (χ3v) is 4.43. The van der Waals surface area contributed by atoms with Gasteiger partial charge in [-0.25, -0.2) is 9.97 Å². The number of nitrogens with zero attached hydrogens (tertiary/aromatic N) is 3. The first-order chi connectivity index (χ1) is 12.6. The van der Waals surface area contributed by atoms with E-state index in [-0.39, 0.29) is 11.9 Å². The maximum absolute atomic E-state index is 11.1. The Bertz CT molecular complexity index is 905. The molecule has 26 heavy (non-hydrogen) atoms. The molecule has 3 N–H and O–H groups in total. The molecule has 138 valence electrons. The van der Waals surface area contributed by atoms with Crippen LogP contribution in [0.25, 0.3) is 21.9 Å². The Morgan fingerprint density at radius 3 is 2.96 bits per heavy atom. The molecule has 1 amide bonds. The van der Waals surface area contributed by atoms with E-state index in [2.05, 4.69) is 19.9 Å². The molecule has 7 nitrogen and oxygen atoms in total. The van der Waals surface area contributed by atoms with Gasteiger partial charge in [0.05, 0.1) is 30.0 Å². The van der Waals surface area contributed by atoms with Crippen LogP contribution in [-0.4, -0.2) is 40.2 Å². The molecule has 1 aromatic carbocycles. The van der Waals surface area contributed by atoms with Crippen LogP contribution >= 0.6 is 0 Å². The Labute approximate surface area is 152 Å². The predicted octanol–water partition coefficient (Wildman–Crippen LogP) is 2.66. The number of hydrogen-bond donors (Lipinski definition) is 2. The van der Waals surface area contributed by atoms with Crippen molar-refractivity contribution in [2.24, 2.45) is 0 Å². The Morgan fingerprint density at radius 1 is 1.38 bits per heavy atom. The van der Waals surface area contributed by atoms with Gasteiger partial charge < -0.3 is 20.4 Å². The lowest BCUT2D eigenvalue weighted by atomic mass is 10.1. The predicted molar refractivity (Wildman–Crippen MR) is 103 cm³/mol. The number of ether oxygens (including phenoxy) is 1. The molecule has 0 saturated heterocycles. The lowest BCUT2D eigenvalue weighted by Crippen LogP contribution is -2.23. The highest BCUT2D eigenvalue weighted by atomic mass is 16.5. The van der Waals surface area contributed by atoms with E-state index in [1.807, 2.05) is 37.5 Å². The molecule has 0 aliphatic heterocycles. The van der Waals surface area contributed by atoms with Gasteiger partial charge in [0.2, 0.25) is 5.91 Å². The van der Waals surface area contributed by atoms with E-state index in [9.17, 15) is 4.79 Å². The summed E-state index contributed by atoms with van der Waals surface area (Å²) < 4.78 is 7.84. The van der Waals surface area contributed by atoms with Crippen LogP contribution in [0.3, 0.4) is 0 Å². The molecular weight excluding hydrogens is 330 g/mol. The van der Waals surface area contributed by atoms with E-state index in [0.29, 0.717) is 31.1 Å². The minimum absolute atomic E-state index is 0.00993. The van der Waals surface area contributed by atoms with Crippen LogP contribution < -0.4 is 11.1 Å². The van der Waals surface area contributed by atoms with Crippen molar-refractivity contribution in [2.75, 3.05) is 25.5 Å². The van der Waals surface area contributed by atoms with Crippen LogP contribution in [0.4, 0.5) is 5.82 Å². The number of rotatable bonds is 8. The zero-order valence-corrected chi connectivity index (χ0v) is 15.2. The number of nitrogens with two attached hydrogens (primary N) is 1. The fourth-order valence-electron chi connectivity index (χ4n) is 3.20. The SMILES string of the molecule is CCOC[C@H](CCCNC(C)=O)n1cnc2c(N)nc3ccccc3c21. The molecule has 2 heterocycles. The first-order valence-electron chi connectivity index (χ1n) is 8.94. The van der Waals surface area contributed by atoms with E-state index in [0.717, 1.165) is 29.3 Å². The Morgan fingerprint density at radius 2 is 2.19 bits per heavy atom. The minimum atomic E-state index is -0.00993. The number of anilines is 1. The Hall–Kier alpha value is -2.67. The molecule has 0 radical (unpaired) electrons. The topological polar surface area (TPSA) is 95.1 Å². The second-order valence-corrected chi connectivity index (χ2v) is 6.30. The fourth-order valence-corrected chi connectivity index (χ4v) is 3.20. The molecule has 1 atom stereocenters. The summed E-state index contributed by atoms with van der Waals surface area (Å²) in [5.41, 5.74) is 8.68. The lowest BCUT2D eigenvalue weighted by Gasteiger charge is -2.20. The van der Waals surface area contributed by atoms with Gasteiger partial charge in [-0.05, 0) is 25.8 Å². The molecule has 7 heteroatoms. The number of fused-ring (bicyclic) bond motifs is 3. The number of benzene rings is 1. The maximum Gasteiger partial charge on any atom is 0.216 e. The minimum Gasteiger partial charge on any atom is -0.382 e. The van der Waals surface area contributed by atoms with Gasteiger partial charge >= 0.3 is 0 Å². The van der Waals surface area contributed by atoms with Crippen molar-refractivity contribution < 1.29 is 9.53 Å². The molecular formula is C19H25N5O2. The molecule has 0 spiro atoms. The molecule has 0 aliphatic rings. The fraction of sp³-hybridized carbons (Fsp3) is 0.421. The van der Waals surface area contributed by atoms with E-state index in [1.165, 1.54) is 6.92 Å². The van der Waals surface area contributed by atoms with Gasteiger partial charge in [-0.2, -0.15) is 0 Å². The quantitative estimate of drug-likeness (QED) is 0.606. The zero-order chi connectivity index (χ0) is 18.5. The van der Waals surface area contributed by atoms with Gasteiger partial charge in [-0.3, -0.25) is 4.79 Å². The van der Waals surface area contributed by atoms with E-state index >= 15 is 0 Å². The smallest absolute Gasteiger partial charge is 0.216 e. The van der Waals surface area contributed by atoms with Crippen molar-refractivity contribution in [1.82, 2.24) is 19.9 Å². The normalized spacial score (nSPS) is 12.5. The van der Waals surface area contributed by atoms with Gasteiger partial charge in [0.25, 0.3) is 0 Å². The van der Waals surface area contributed by atoms with Crippen LogP contribution in [-0.2, 0) is 9.53 Å². The van der Waals surface area contributed by atoms with Crippen molar-refractivity contribution in [3.63, 3.8) is 0 Å². The maximum atomic E-state index is 11.1. The molecule has 2 aromatic heterocycles. The molecule has 0 unspecified atom stereocenters. The van der Waals surface area contributed by atoms with Gasteiger partial charge in [0.15, 0.2) is 5.82 Å². The van der Waals surface area contributed by atoms with Gasteiger partial charge in [0, 0.05) is 25.5 Å². The first-order valence-corrected chi connectivity index (χ1v) is 8.94. The molecule has 3 aromatic rings. The highest BCUT2D eigenvalue weighted by Gasteiger charge is 2.18. The summed E-state index contributed by atoms with van der Waals surface area (Å²) in [6, 6.07) is 8.05. The summed E-state index contributed by atoms with van der Waals surface area (Å²) in [6.45, 7) is 5.40. The summed E-state index contributed by atoms with van der Waals surface area (Å²) >= 11 is 0. The van der Waals surface area contributed by atoms with Crippen molar-refractivity contribution in [3.8, 4) is 0 Å². The molecule has 3 rings (SSSR count). The molecule has 0 fully saturated rings. The van der Waals surface area contributed by atoms with Gasteiger partial charge in [-0.15, -0.1) is 0 Å². The van der Waals surface area contributed by atoms with Crippen molar-refractivity contribution in [2.45, 2.75) is 32.7 Å². The van der Waals surface area contributed by atoms with Crippen molar-refractivity contribution >= 4 is 33.7 Å². The largest absolute Gasteiger partial charge is 0.382 e. The summed E-state index contributed by atoms with van der Waals surface area (Å²) in [5, 5.41) is 3.87. The number of pyridine rings is 1. The van der Waals surface area contributed by atoms with Crippen LogP contribution in [0.5, 0.6) is 0 Å².